The third-order valence-electron chi connectivity index (χ3n) is 5.52. The molecular weight excluding hydrogens is 518 g/mol. The fraction of sp³-hybridized carbons (Fsp3) is 0.348. The predicted octanol–water partition coefficient (Wildman–Crippen LogP) is -3.20. The number of carboxylic acid groups (broad SMARTS) is 2. The molecule has 0 aliphatic rings. The van der Waals surface area contributed by atoms with Crippen molar-refractivity contribution in [1.29, 1.82) is 0 Å². The second-order valence-corrected chi connectivity index (χ2v) is 8.63. The van der Waals surface area contributed by atoms with Gasteiger partial charge in [-0.15, -0.1) is 0 Å². The first kappa shape index (κ1) is 30.2. The molecule has 16 heteroatoms. The second kappa shape index (κ2) is 13.5. The van der Waals surface area contributed by atoms with Crippen LogP contribution in [0.4, 0.5) is 0 Å². The average molecular weight is 548 g/mol. The summed E-state index contributed by atoms with van der Waals surface area (Å²) in [5.74, 6) is -8.49. The summed E-state index contributed by atoms with van der Waals surface area (Å²) in [5, 5.41) is 25.1. The van der Waals surface area contributed by atoms with Crippen LogP contribution in [0, 0.1) is 0 Å². The van der Waals surface area contributed by atoms with Gasteiger partial charge in [0.2, 0.25) is 29.5 Å². The molecule has 1 aromatic carbocycles. The second-order valence-electron chi connectivity index (χ2n) is 8.63. The molecule has 210 valence electrons. The van der Waals surface area contributed by atoms with E-state index in [0.717, 1.165) is 16.5 Å². The Morgan fingerprint density at radius 1 is 0.769 bits per heavy atom. The number of H-pyrrole nitrogens is 1. The van der Waals surface area contributed by atoms with Crippen LogP contribution in [0.1, 0.15) is 24.8 Å². The van der Waals surface area contributed by atoms with Crippen LogP contribution in [0.25, 0.3) is 10.9 Å². The smallest absolute Gasteiger partial charge is 0.326 e. The van der Waals surface area contributed by atoms with E-state index in [0.29, 0.717) is 0 Å². The van der Waals surface area contributed by atoms with Crippen LogP contribution in [0.2, 0.25) is 0 Å². The van der Waals surface area contributed by atoms with Crippen molar-refractivity contribution in [1.82, 2.24) is 20.9 Å². The highest BCUT2D eigenvalue weighted by Gasteiger charge is 2.32. The topological polar surface area (TPSA) is 290 Å². The minimum Gasteiger partial charge on any atom is -0.481 e. The minimum absolute atomic E-state index is 0.0631. The van der Waals surface area contributed by atoms with Crippen LogP contribution < -0.4 is 33.2 Å². The van der Waals surface area contributed by atoms with Crippen LogP contribution in [-0.2, 0) is 40.0 Å². The molecule has 2 rings (SSSR count). The number of aromatic amines is 1. The van der Waals surface area contributed by atoms with E-state index in [2.05, 4.69) is 15.6 Å². The maximum Gasteiger partial charge on any atom is 0.326 e. The summed E-state index contributed by atoms with van der Waals surface area (Å²) in [6, 6.07) is 0.843. The number of amides is 5. The molecule has 12 N–H and O–H groups in total. The van der Waals surface area contributed by atoms with E-state index < -0.39 is 84.9 Å². The first-order valence-corrected chi connectivity index (χ1v) is 11.5. The van der Waals surface area contributed by atoms with E-state index in [-0.39, 0.29) is 6.42 Å². The number of aromatic nitrogens is 1. The number of carbonyl (C=O) groups is 7. The third kappa shape index (κ3) is 9.12. The molecule has 4 unspecified atom stereocenters. The number of nitrogens with one attached hydrogen (secondary N) is 4. The number of carbonyl (C=O) groups excluding carboxylic acids is 5. The van der Waals surface area contributed by atoms with Crippen LogP contribution >= 0.6 is 0 Å². The number of primary amides is 2. The summed E-state index contributed by atoms with van der Waals surface area (Å²) < 4.78 is 0. The normalized spacial score (nSPS) is 13.9. The van der Waals surface area contributed by atoms with Gasteiger partial charge in [-0.2, -0.15) is 0 Å². The predicted molar refractivity (Wildman–Crippen MR) is 133 cm³/mol. The summed E-state index contributed by atoms with van der Waals surface area (Å²) in [4.78, 5) is 86.5. The molecular formula is C23H29N7O9. The van der Waals surface area contributed by atoms with Crippen molar-refractivity contribution < 1.29 is 43.8 Å². The molecule has 0 aliphatic carbocycles. The maximum absolute atomic E-state index is 12.9. The van der Waals surface area contributed by atoms with E-state index in [9.17, 15) is 33.6 Å². The van der Waals surface area contributed by atoms with Gasteiger partial charge in [-0.3, -0.25) is 28.8 Å². The Morgan fingerprint density at radius 3 is 1.79 bits per heavy atom. The van der Waals surface area contributed by atoms with Gasteiger partial charge in [0.25, 0.3) is 0 Å². The lowest BCUT2D eigenvalue weighted by Crippen LogP contribution is -2.58. The lowest BCUT2D eigenvalue weighted by atomic mass is 10.0. The van der Waals surface area contributed by atoms with Gasteiger partial charge in [0, 0.05) is 17.1 Å². The van der Waals surface area contributed by atoms with Crippen LogP contribution in [0.15, 0.2) is 30.5 Å². The standard InChI is InChI=1S/C23H29N7O9/c24-12(5-10-9-27-13-4-2-1-3-11(10)13)20(35)28-14(6-17(25)31)21(36)29-15(7-18(26)32)22(37)30-16(23(38)39)8-19(33)34/h1-4,9,12,14-16,27H,5-8,24H2,(H2,25,31)(H2,26,32)(H,28,35)(H,29,36)(H,30,37)(H,33,34)(H,38,39). The molecule has 0 radical (unpaired) electrons. The van der Waals surface area contributed by atoms with Crippen molar-refractivity contribution >= 4 is 52.4 Å². The van der Waals surface area contributed by atoms with Gasteiger partial charge in [0.05, 0.1) is 25.3 Å². The Bertz CT molecular complexity index is 1280. The SMILES string of the molecule is NC(=O)CC(NC(=O)C(N)Cc1c[nH]c2ccccc12)C(=O)NC(CC(N)=O)C(=O)NC(CC(=O)O)C(=O)O. The van der Waals surface area contributed by atoms with Crippen molar-refractivity contribution in [2.24, 2.45) is 17.2 Å². The largest absolute Gasteiger partial charge is 0.481 e. The Hall–Kier alpha value is -4.99. The van der Waals surface area contributed by atoms with Crippen molar-refractivity contribution in [3.05, 3.63) is 36.0 Å². The summed E-state index contributed by atoms with van der Waals surface area (Å²) in [5.41, 5.74) is 17.9. The number of carboxylic acids is 2. The van der Waals surface area contributed by atoms with Crippen molar-refractivity contribution in [3.8, 4) is 0 Å². The van der Waals surface area contributed by atoms with Gasteiger partial charge in [-0.05, 0) is 18.1 Å². The van der Waals surface area contributed by atoms with Gasteiger partial charge in [0.15, 0.2) is 0 Å². The van der Waals surface area contributed by atoms with Crippen LogP contribution in [-0.4, -0.2) is 80.8 Å². The number of fused-ring (bicyclic) bond motifs is 1. The Balaban J connectivity index is 2.15. The zero-order chi connectivity index (χ0) is 29.3. The molecule has 0 saturated heterocycles. The molecule has 0 bridgehead atoms. The first-order chi connectivity index (χ1) is 18.3. The molecule has 1 aromatic heterocycles. The quantitative estimate of drug-likeness (QED) is 0.108. The lowest BCUT2D eigenvalue weighted by Gasteiger charge is -2.24. The Labute approximate surface area is 220 Å². The summed E-state index contributed by atoms with van der Waals surface area (Å²) in [6.07, 6.45) is -0.777. The first-order valence-electron chi connectivity index (χ1n) is 11.5. The van der Waals surface area contributed by atoms with Crippen molar-refractivity contribution in [2.45, 2.75) is 49.9 Å². The summed E-state index contributed by atoms with van der Waals surface area (Å²) in [6.45, 7) is 0. The fourth-order valence-corrected chi connectivity index (χ4v) is 3.65. The minimum atomic E-state index is -1.88. The van der Waals surface area contributed by atoms with E-state index >= 15 is 0 Å². The number of hydrogen-bond donors (Lipinski definition) is 9. The van der Waals surface area contributed by atoms with E-state index in [1.54, 1.807) is 12.3 Å². The summed E-state index contributed by atoms with van der Waals surface area (Å²) in [7, 11) is 0. The monoisotopic (exact) mass is 547 g/mol. The van der Waals surface area contributed by atoms with Gasteiger partial charge in [0.1, 0.15) is 18.1 Å². The molecule has 16 nitrogen and oxygen atoms in total. The maximum atomic E-state index is 12.9. The molecule has 0 aliphatic heterocycles. The zero-order valence-electron chi connectivity index (χ0n) is 20.5. The van der Waals surface area contributed by atoms with E-state index in [1.165, 1.54) is 0 Å². The van der Waals surface area contributed by atoms with E-state index in [4.69, 9.17) is 27.4 Å². The van der Waals surface area contributed by atoms with E-state index in [1.807, 2.05) is 23.5 Å². The molecule has 0 fully saturated rings. The van der Waals surface area contributed by atoms with Gasteiger partial charge in [-0.25, -0.2) is 4.79 Å². The van der Waals surface area contributed by atoms with Gasteiger partial charge in [-0.1, -0.05) is 18.2 Å². The van der Waals surface area contributed by atoms with Gasteiger partial charge < -0.3 is 48.3 Å². The summed E-state index contributed by atoms with van der Waals surface area (Å²) >= 11 is 0. The number of para-hydroxylation sites is 1. The highest BCUT2D eigenvalue weighted by Crippen LogP contribution is 2.18. The molecule has 2 aromatic rings. The molecule has 5 amide bonds. The fourth-order valence-electron chi connectivity index (χ4n) is 3.65. The van der Waals surface area contributed by atoms with Crippen LogP contribution in [0.5, 0.6) is 0 Å². The Morgan fingerprint density at radius 2 is 1.28 bits per heavy atom. The van der Waals surface area contributed by atoms with Gasteiger partial charge >= 0.3 is 11.9 Å². The van der Waals surface area contributed by atoms with Crippen LogP contribution in [0.3, 0.4) is 0 Å². The number of hydrogen-bond acceptors (Lipinski definition) is 8. The highest BCUT2D eigenvalue weighted by molar-refractivity contribution is 5.98. The number of benzene rings is 1. The van der Waals surface area contributed by atoms with Crippen molar-refractivity contribution in [3.63, 3.8) is 0 Å². The molecule has 0 saturated carbocycles. The molecule has 1 heterocycles. The Kier molecular flexibility index (Phi) is 10.5. The number of nitrogens with two attached hydrogens (primary N) is 3. The lowest BCUT2D eigenvalue weighted by molar-refractivity contribution is -0.147. The zero-order valence-corrected chi connectivity index (χ0v) is 20.5. The number of aliphatic carboxylic acids is 2. The molecule has 39 heavy (non-hydrogen) atoms. The number of rotatable bonds is 15. The molecule has 4 atom stereocenters. The third-order valence-corrected chi connectivity index (χ3v) is 5.52. The average Bonchev–Trinajstić information content (AvgIpc) is 3.24. The highest BCUT2D eigenvalue weighted by atomic mass is 16.4. The van der Waals surface area contributed by atoms with Crippen molar-refractivity contribution in [2.75, 3.05) is 0 Å². The molecule has 0 spiro atoms.